The average molecular weight is 677 g/mol. The van der Waals surface area contributed by atoms with Gasteiger partial charge in [0.05, 0.1) is 28.7 Å². The normalized spacial score (nSPS) is 12.1. The molecular weight excluding hydrogens is 652 g/mol. The van der Waals surface area contributed by atoms with Crippen molar-refractivity contribution in [2.45, 2.75) is 26.2 Å². The fourth-order valence-electron chi connectivity index (χ4n) is 3.73. The molecule has 0 saturated heterocycles. The number of benzene rings is 3. The summed E-state index contributed by atoms with van der Waals surface area (Å²) >= 11 is 12.8. The Hall–Kier alpha value is -3.21. The molecule has 39 heavy (non-hydrogen) atoms. The van der Waals surface area contributed by atoms with Gasteiger partial charge in [0.2, 0.25) is 0 Å². The second kappa shape index (κ2) is 12.8. The van der Waals surface area contributed by atoms with Crippen molar-refractivity contribution in [3.05, 3.63) is 90.3 Å². The van der Waals surface area contributed by atoms with Gasteiger partial charge in [-0.2, -0.15) is 9.78 Å². The lowest BCUT2D eigenvalue weighted by Crippen LogP contribution is -2.23. The molecule has 1 heterocycles. The van der Waals surface area contributed by atoms with Gasteiger partial charge in [-0.15, -0.1) is 0 Å². The van der Waals surface area contributed by atoms with E-state index in [1.807, 2.05) is 26.0 Å². The molecule has 0 unspecified atom stereocenters. The number of carbonyl (C=O) groups excluding carboxylic acids is 1. The first-order valence-corrected chi connectivity index (χ1v) is 14.0. The van der Waals surface area contributed by atoms with Crippen molar-refractivity contribution in [3.63, 3.8) is 0 Å². The molecule has 0 aliphatic heterocycles. The zero-order valence-electron chi connectivity index (χ0n) is 21.4. The Morgan fingerprint density at radius 3 is 2.62 bits per heavy atom. The zero-order chi connectivity index (χ0) is 28.1. The highest BCUT2D eigenvalue weighted by Gasteiger charge is 2.17. The summed E-state index contributed by atoms with van der Waals surface area (Å²) in [7, 11) is 1.50. The maximum Gasteiger partial charge on any atom is 0.282 e. The quantitative estimate of drug-likeness (QED) is 0.193. The first-order chi connectivity index (χ1) is 18.7. The lowest BCUT2D eigenvalue weighted by Gasteiger charge is -2.15. The number of carbonyl (C=O) groups is 1. The van der Waals surface area contributed by atoms with E-state index < -0.39 is 0 Å². The van der Waals surface area contributed by atoms with Gasteiger partial charge in [0.25, 0.3) is 11.5 Å². The molecular formula is C28H25Br2ClN4O4. The van der Waals surface area contributed by atoms with Gasteiger partial charge < -0.3 is 14.8 Å². The zero-order valence-corrected chi connectivity index (χ0v) is 25.3. The number of amides is 1. The molecule has 0 fully saturated rings. The highest BCUT2D eigenvalue weighted by Crippen LogP contribution is 2.36. The van der Waals surface area contributed by atoms with Crippen molar-refractivity contribution in [2.24, 2.45) is 5.10 Å². The molecule has 1 N–H and O–H groups in total. The summed E-state index contributed by atoms with van der Waals surface area (Å²) in [4.78, 5) is 30.5. The molecule has 0 aliphatic carbocycles. The molecule has 4 aromatic rings. The molecule has 0 radical (unpaired) electrons. The molecule has 4 rings (SSSR count). The Labute approximate surface area is 247 Å². The first-order valence-electron chi connectivity index (χ1n) is 12.0. The van der Waals surface area contributed by atoms with Crippen LogP contribution in [0, 0.1) is 0 Å². The van der Waals surface area contributed by atoms with E-state index in [4.69, 9.17) is 26.1 Å². The van der Waals surface area contributed by atoms with Crippen LogP contribution in [0.4, 0.5) is 5.69 Å². The molecule has 11 heteroatoms. The van der Waals surface area contributed by atoms with Crippen LogP contribution in [0.15, 0.2) is 73.4 Å². The number of ether oxygens (including phenoxy) is 2. The SMILES string of the molecule is CC[C@@H](C)c1nc2ccc(Br)cc2c(=O)n1N=Cc1cc(Br)c(OCC(=O)Nc2ccc(Cl)cc2)c(OC)c1. The third-order valence-electron chi connectivity index (χ3n) is 5.94. The maximum absolute atomic E-state index is 13.4. The minimum absolute atomic E-state index is 0.0129. The van der Waals surface area contributed by atoms with E-state index in [0.717, 1.165) is 10.9 Å². The van der Waals surface area contributed by atoms with E-state index in [-0.39, 0.29) is 24.0 Å². The summed E-state index contributed by atoms with van der Waals surface area (Å²) < 4.78 is 13.9. The molecule has 3 aromatic carbocycles. The number of nitrogens with one attached hydrogen (secondary N) is 1. The molecule has 202 valence electrons. The van der Waals surface area contributed by atoms with Crippen molar-refractivity contribution >= 4 is 72.2 Å². The summed E-state index contributed by atoms with van der Waals surface area (Å²) in [6, 6.07) is 15.7. The summed E-state index contributed by atoms with van der Waals surface area (Å²) in [6.45, 7) is 3.80. The molecule has 8 nitrogen and oxygen atoms in total. The number of hydrogen-bond donors (Lipinski definition) is 1. The van der Waals surface area contributed by atoms with Crippen molar-refractivity contribution < 1.29 is 14.3 Å². The number of anilines is 1. The number of hydrogen-bond acceptors (Lipinski definition) is 6. The van der Waals surface area contributed by atoms with E-state index in [9.17, 15) is 9.59 Å². The van der Waals surface area contributed by atoms with E-state index in [0.29, 0.717) is 49.0 Å². The Balaban J connectivity index is 1.60. The van der Waals surface area contributed by atoms with Crippen LogP contribution < -0.4 is 20.3 Å². The largest absolute Gasteiger partial charge is 0.493 e. The highest BCUT2D eigenvalue weighted by atomic mass is 79.9. The first kappa shape index (κ1) is 28.8. The topological polar surface area (TPSA) is 94.8 Å². The summed E-state index contributed by atoms with van der Waals surface area (Å²) in [5.41, 5.74) is 1.61. The van der Waals surface area contributed by atoms with Gasteiger partial charge in [0, 0.05) is 21.1 Å². The Morgan fingerprint density at radius 2 is 1.92 bits per heavy atom. The number of aromatic nitrogens is 2. The third kappa shape index (κ3) is 6.87. The third-order valence-corrected chi connectivity index (χ3v) is 7.27. The van der Waals surface area contributed by atoms with Crippen molar-refractivity contribution in [3.8, 4) is 11.5 Å². The molecule has 0 spiro atoms. The van der Waals surface area contributed by atoms with Crippen LogP contribution in [-0.2, 0) is 4.79 Å². The van der Waals surface area contributed by atoms with Crippen molar-refractivity contribution in [1.29, 1.82) is 0 Å². The predicted molar refractivity (Wildman–Crippen MR) is 162 cm³/mol. The smallest absolute Gasteiger partial charge is 0.282 e. The Kier molecular flexibility index (Phi) is 9.42. The predicted octanol–water partition coefficient (Wildman–Crippen LogP) is 7.00. The minimum Gasteiger partial charge on any atom is -0.493 e. The average Bonchev–Trinajstić information content (AvgIpc) is 2.92. The van der Waals surface area contributed by atoms with Gasteiger partial charge in [-0.25, -0.2) is 4.98 Å². The molecule has 0 saturated carbocycles. The maximum atomic E-state index is 13.4. The lowest BCUT2D eigenvalue weighted by atomic mass is 10.1. The molecule has 1 aromatic heterocycles. The monoisotopic (exact) mass is 674 g/mol. The van der Waals surface area contributed by atoms with Crippen LogP contribution in [0.5, 0.6) is 11.5 Å². The lowest BCUT2D eigenvalue weighted by molar-refractivity contribution is -0.118. The van der Waals surface area contributed by atoms with Gasteiger partial charge in [-0.1, -0.05) is 41.4 Å². The Morgan fingerprint density at radius 1 is 1.18 bits per heavy atom. The molecule has 0 aliphatic rings. The fourth-order valence-corrected chi connectivity index (χ4v) is 4.79. The minimum atomic E-state index is -0.343. The highest BCUT2D eigenvalue weighted by molar-refractivity contribution is 9.10. The van der Waals surface area contributed by atoms with Crippen molar-refractivity contribution in [2.75, 3.05) is 19.0 Å². The summed E-state index contributed by atoms with van der Waals surface area (Å²) in [5.74, 6) is 0.991. The fraction of sp³-hybridized carbons (Fsp3) is 0.214. The van der Waals surface area contributed by atoms with Gasteiger partial charge >= 0.3 is 0 Å². The van der Waals surface area contributed by atoms with Crippen LogP contribution in [0.1, 0.15) is 37.6 Å². The van der Waals surface area contributed by atoms with Crippen molar-refractivity contribution in [1.82, 2.24) is 9.66 Å². The van der Waals surface area contributed by atoms with Crippen LogP contribution >= 0.6 is 43.5 Å². The molecule has 1 atom stereocenters. The number of nitrogens with zero attached hydrogens (tertiary/aromatic N) is 3. The van der Waals surface area contributed by atoms with Gasteiger partial charge in [0.1, 0.15) is 5.82 Å². The summed E-state index contributed by atoms with van der Waals surface area (Å²) in [5, 5.41) is 8.30. The Bertz CT molecular complexity index is 1610. The van der Waals surface area contributed by atoms with Crippen LogP contribution in [0.25, 0.3) is 10.9 Å². The summed E-state index contributed by atoms with van der Waals surface area (Å²) in [6.07, 6.45) is 2.35. The molecule has 1 amide bonds. The number of fused-ring (bicyclic) bond motifs is 1. The van der Waals surface area contributed by atoms with Gasteiger partial charge in [-0.3, -0.25) is 9.59 Å². The van der Waals surface area contributed by atoms with Gasteiger partial charge in [-0.05, 0) is 82.5 Å². The second-order valence-corrected chi connectivity index (χ2v) is 10.9. The standard InChI is InChI=1S/C28H25Br2ClN4O4/c1-4-16(2)27-34-23-10-5-18(29)13-21(23)28(37)35(27)32-14-17-11-22(30)26(24(12-17)38-3)39-15-25(36)33-20-8-6-19(31)7-9-20/h5-14,16H,4,15H2,1-3H3,(H,33,36)/t16-/m1/s1. The van der Waals surface area contributed by atoms with Crippen LogP contribution in [0.3, 0.4) is 0 Å². The van der Waals surface area contributed by atoms with E-state index in [2.05, 4.69) is 42.3 Å². The number of halogens is 3. The van der Waals surface area contributed by atoms with Crippen LogP contribution in [-0.4, -0.2) is 35.5 Å². The number of methoxy groups -OCH3 is 1. The van der Waals surface area contributed by atoms with E-state index in [1.54, 1.807) is 48.7 Å². The second-order valence-electron chi connectivity index (χ2n) is 8.68. The van der Waals surface area contributed by atoms with E-state index >= 15 is 0 Å². The number of rotatable bonds is 9. The van der Waals surface area contributed by atoms with E-state index in [1.165, 1.54) is 11.8 Å². The van der Waals surface area contributed by atoms with Crippen LogP contribution in [0.2, 0.25) is 5.02 Å². The molecule has 0 bridgehead atoms. The van der Waals surface area contributed by atoms with Gasteiger partial charge in [0.15, 0.2) is 18.1 Å².